The summed E-state index contributed by atoms with van der Waals surface area (Å²) in [5.74, 6) is 0.0400. The van der Waals surface area contributed by atoms with Gasteiger partial charge in [-0.2, -0.15) is 5.10 Å². The number of carbonyl (C=O) groups is 1. The minimum absolute atomic E-state index is 0.0400. The number of nitrogens with zero attached hydrogens (tertiary/aromatic N) is 1. The zero-order chi connectivity index (χ0) is 23.3. The molecular formula is C23H40N6OS2. The van der Waals surface area contributed by atoms with Crippen LogP contribution in [0.1, 0.15) is 97.8 Å². The normalized spacial score (nSPS) is 18.9. The smallest absolute Gasteiger partial charge is 0.187 e. The molecule has 2 aliphatic carbocycles. The largest absolute Gasteiger partial charge is 0.359 e. The van der Waals surface area contributed by atoms with Gasteiger partial charge in [0, 0.05) is 29.1 Å². The van der Waals surface area contributed by atoms with Crippen molar-refractivity contribution in [3.8, 4) is 0 Å². The lowest BCUT2D eigenvalue weighted by Gasteiger charge is -2.25. The average Bonchev–Trinajstić information content (AvgIpc) is 2.77. The summed E-state index contributed by atoms with van der Waals surface area (Å²) in [6.07, 6.45) is 13.5. The Morgan fingerprint density at radius 1 is 0.781 bits per heavy atom. The predicted molar refractivity (Wildman–Crippen MR) is 140 cm³/mol. The van der Waals surface area contributed by atoms with Crippen molar-refractivity contribution in [2.24, 2.45) is 5.10 Å². The fourth-order valence-corrected chi connectivity index (χ4v) is 4.72. The SMILES string of the molecule is CC(=O)C(CC/C(C)=N\NC(=S)NC1CCCCC1)=C(C)NNC(=S)NC1CCCCC1. The highest BCUT2D eigenvalue weighted by Gasteiger charge is 2.15. The fourth-order valence-electron chi connectivity index (χ4n) is 4.29. The summed E-state index contributed by atoms with van der Waals surface area (Å²) in [6.45, 7) is 5.42. The highest BCUT2D eigenvalue weighted by molar-refractivity contribution is 7.80. The molecule has 7 nitrogen and oxygen atoms in total. The van der Waals surface area contributed by atoms with Crippen molar-refractivity contribution in [1.29, 1.82) is 0 Å². The first-order valence-corrected chi connectivity index (χ1v) is 12.8. The number of Topliss-reactive ketones (excluding diaryl/α,β-unsaturated/α-hetero) is 1. The van der Waals surface area contributed by atoms with Crippen LogP contribution in [0.2, 0.25) is 0 Å². The molecule has 2 aliphatic rings. The van der Waals surface area contributed by atoms with Gasteiger partial charge < -0.3 is 16.1 Å². The number of ketones is 1. The van der Waals surface area contributed by atoms with Crippen LogP contribution < -0.4 is 26.9 Å². The molecule has 32 heavy (non-hydrogen) atoms. The van der Waals surface area contributed by atoms with E-state index >= 15 is 0 Å². The van der Waals surface area contributed by atoms with Gasteiger partial charge in [0.1, 0.15) is 0 Å². The Morgan fingerprint density at radius 3 is 1.84 bits per heavy atom. The van der Waals surface area contributed by atoms with Crippen molar-refractivity contribution in [1.82, 2.24) is 26.9 Å². The van der Waals surface area contributed by atoms with Crippen LogP contribution in [0.3, 0.4) is 0 Å². The van der Waals surface area contributed by atoms with E-state index in [1.807, 2.05) is 13.8 Å². The van der Waals surface area contributed by atoms with Crippen LogP contribution in [0.4, 0.5) is 0 Å². The fraction of sp³-hybridized carbons (Fsp3) is 0.739. The second-order valence-electron chi connectivity index (χ2n) is 8.99. The van der Waals surface area contributed by atoms with Gasteiger partial charge in [-0.25, -0.2) is 0 Å². The van der Waals surface area contributed by atoms with E-state index in [1.165, 1.54) is 38.5 Å². The molecule has 0 radical (unpaired) electrons. The summed E-state index contributed by atoms with van der Waals surface area (Å²) in [7, 11) is 0. The van der Waals surface area contributed by atoms with E-state index in [9.17, 15) is 4.79 Å². The molecule has 5 N–H and O–H groups in total. The van der Waals surface area contributed by atoms with Gasteiger partial charge in [0.15, 0.2) is 16.0 Å². The number of hydrazone groups is 1. The van der Waals surface area contributed by atoms with E-state index in [0.717, 1.165) is 42.7 Å². The zero-order valence-corrected chi connectivity index (χ0v) is 21.4. The third-order valence-corrected chi connectivity index (χ3v) is 6.64. The Balaban J connectivity index is 1.76. The van der Waals surface area contributed by atoms with Crippen LogP contribution >= 0.6 is 24.4 Å². The second-order valence-corrected chi connectivity index (χ2v) is 9.80. The number of thiocarbonyl (C=S) groups is 2. The molecule has 9 heteroatoms. The monoisotopic (exact) mass is 480 g/mol. The number of rotatable bonds is 9. The van der Waals surface area contributed by atoms with Crippen molar-refractivity contribution >= 4 is 46.2 Å². The maximum absolute atomic E-state index is 12.2. The molecule has 2 rings (SSSR count). The van der Waals surface area contributed by atoms with Gasteiger partial charge in [-0.15, -0.1) is 0 Å². The van der Waals surface area contributed by atoms with Crippen LogP contribution in [-0.4, -0.2) is 33.8 Å². The lowest BCUT2D eigenvalue weighted by Crippen LogP contribution is -2.47. The molecule has 0 atom stereocenters. The van der Waals surface area contributed by atoms with Gasteiger partial charge in [0.25, 0.3) is 0 Å². The highest BCUT2D eigenvalue weighted by Crippen LogP contribution is 2.18. The summed E-state index contributed by atoms with van der Waals surface area (Å²) in [4.78, 5) is 12.2. The maximum Gasteiger partial charge on any atom is 0.187 e. The lowest BCUT2D eigenvalue weighted by atomic mass is 9.96. The van der Waals surface area contributed by atoms with E-state index < -0.39 is 0 Å². The number of hydrogen-bond donors (Lipinski definition) is 5. The van der Waals surface area contributed by atoms with E-state index in [0.29, 0.717) is 35.2 Å². The summed E-state index contributed by atoms with van der Waals surface area (Å²) in [5, 5.41) is 12.2. The van der Waals surface area contributed by atoms with Crippen molar-refractivity contribution < 1.29 is 4.79 Å². The minimum Gasteiger partial charge on any atom is -0.359 e. The summed E-state index contributed by atoms with van der Waals surface area (Å²) in [6, 6.07) is 0.888. The number of allylic oxidation sites excluding steroid dienone is 2. The molecule has 0 spiro atoms. The molecule has 0 aromatic heterocycles. The van der Waals surface area contributed by atoms with Gasteiger partial charge in [-0.05, 0) is 83.7 Å². The molecule has 0 aromatic carbocycles. The van der Waals surface area contributed by atoms with Crippen LogP contribution in [-0.2, 0) is 4.79 Å². The first-order chi connectivity index (χ1) is 15.3. The van der Waals surface area contributed by atoms with Crippen LogP contribution in [0.25, 0.3) is 0 Å². The van der Waals surface area contributed by atoms with Gasteiger partial charge >= 0.3 is 0 Å². The molecule has 0 unspecified atom stereocenters. The third-order valence-electron chi connectivity index (χ3n) is 6.21. The number of hydrazine groups is 1. The van der Waals surface area contributed by atoms with Crippen LogP contribution in [0.5, 0.6) is 0 Å². The van der Waals surface area contributed by atoms with E-state index in [2.05, 4.69) is 32.0 Å². The van der Waals surface area contributed by atoms with Crippen molar-refractivity contribution in [2.75, 3.05) is 0 Å². The summed E-state index contributed by atoms with van der Waals surface area (Å²) in [5.41, 5.74) is 11.5. The summed E-state index contributed by atoms with van der Waals surface area (Å²) >= 11 is 10.8. The Kier molecular flexibility index (Phi) is 11.9. The van der Waals surface area contributed by atoms with Crippen LogP contribution in [0, 0.1) is 0 Å². The molecule has 180 valence electrons. The second kappa shape index (κ2) is 14.4. The van der Waals surface area contributed by atoms with Gasteiger partial charge in [0.05, 0.1) is 0 Å². The minimum atomic E-state index is 0.0400. The molecule has 0 bridgehead atoms. The van der Waals surface area contributed by atoms with Crippen molar-refractivity contribution in [3.63, 3.8) is 0 Å². The standard InChI is InChI=1S/C23H40N6OS2/c1-16(26-28-22(31)24-19-10-6-4-7-11-19)14-15-21(18(3)30)17(2)27-29-23(32)25-20-12-8-5-9-13-20/h19-20,27H,4-15H2,1-3H3,(H2,24,28,31)(H2,25,29,32)/b21-17?,26-16-. The first kappa shape index (κ1) is 26.5. The van der Waals surface area contributed by atoms with E-state index in [4.69, 9.17) is 24.4 Å². The molecular weight excluding hydrogens is 440 g/mol. The third kappa shape index (κ3) is 10.3. The van der Waals surface area contributed by atoms with E-state index in [-0.39, 0.29) is 5.78 Å². The first-order valence-electron chi connectivity index (χ1n) is 12.0. The Morgan fingerprint density at radius 2 is 1.31 bits per heavy atom. The molecule has 0 aromatic rings. The predicted octanol–water partition coefficient (Wildman–Crippen LogP) is 4.10. The average molecular weight is 481 g/mol. The number of hydrogen-bond acceptors (Lipinski definition) is 5. The van der Waals surface area contributed by atoms with Gasteiger partial charge in [-0.1, -0.05) is 38.5 Å². The lowest BCUT2D eigenvalue weighted by molar-refractivity contribution is -0.113. The Hall–Kier alpha value is -1.74. The van der Waals surface area contributed by atoms with Crippen molar-refractivity contribution in [3.05, 3.63) is 11.3 Å². The molecule has 2 fully saturated rings. The molecule has 0 aliphatic heterocycles. The molecule has 0 amide bonds. The maximum atomic E-state index is 12.2. The Bertz CT molecular complexity index is 709. The molecule has 2 saturated carbocycles. The highest BCUT2D eigenvalue weighted by atomic mass is 32.1. The number of nitrogens with one attached hydrogen (secondary N) is 5. The van der Waals surface area contributed by atoms with Gasteiger partial charge in [0.2, 0.25) is 0 Å². The Labute approximate surface area is 204 Å². The number of carbonyl (C=O) groups excluding carboxylic acids is 1. The van der Waals surface area contributed by atoms with Crippen LogP contribution in [0.15, 0.2) is 16.4 Å². The van der Waals surface area contributed by atoms with E-state index in [1.54, 1.807) is 6.92 Å². The summed E-state index contributed by atoms with van der Waals surface area (Å²) < 4.78 is 0. The molecule has 0 heterocycles. The van der Waals surface area contributed by atoms with Crippen molar-refractivity contribution in [2.45, 2.75) is 110 Å². The zero-order valence-electron chi connectivity index (χ0n) is 19.8. The molecule has 0 saturated heterocycles. The van der Waals surface area contributed by atoms with Gasteiger partial charge in [-0.3, -0.25) is 15.6 Å². The quantitative estimate of drug-likeness (QED) is 0.146. The topological polar surface area (TPSA) is 89.6 Å².